The maximum Gasteiger partial charge on any atom is 0.328 e. The number of ether oxygens (including phenoxy) is 1. The first-order valence-corrected chi connectivity index (χ1v) is 10.3. The minimum absolute atomic E-state index is 0.0788. The minimum Gasteiger partial charge on any atom is -0.497 e. The zero-order chi connectivity index (χ0) is 22.5. The molecule has 0 bridgehead atoms. The molecule has 7 nitrogen and oxygen atoms in total. The number of H-pyrrole nitrogens is 1. The van der Waals surface area contributed by atoms with E-state index in [0.717, 1.165) is 16.9 Å². The number of carbonyl (C=O) groups is 1. The number of aryl methyl sites for hydroxylation is 1. The number of hydrogen-bond acceptors (Lipinski definition) is 4. The SMILES string of the molecule is COc1ccc(C(NC(=O)CCn2c(=O)[nH]c(=O)c3ccccc32)c2ccccc2)cc1. The summed E-state index contributed by atoms with van der Waals surface area (Å²) < 4.78 is 6.65. The monoisotopic (exact) mass is 429 g/mol. The van der Waals surface area contributed by atoms with Gasteiger partial charge in [-0.25, -0.2) is 4.79 Å². The number of aromatic amines is 1. The highest BCUT2D eigenvalue weighted by molar-refractivity contribution is 5.79. The second-order valence-corrected chi connectivity index (χ2v) is 7.36. The van der Waals surface area contributed by atoms with Gasteiger partial charge in [0.1, 0.15) is 5.75 Å². The van der Waals surface area contributed by atoms with E-state index in [9.17, 15) is 14.4 Å². The fourth-order valence-electron chi connectivity index (χ4n) is 3.71. The Hall–Kier alpha value is -4.13. The van der Waals surface area contributed by atoms with Crippen molar-refractivity contribution in [1.29, 1.82) is 0 Å². The van der Waals surface area contributed by atoms with Crippen LogP contribution in [0.1, 0.15) is 23.6 Å². The third-order valence-electron chi connectivity index (χ3n) is 5.35. The molecular formula is C25H23N3O4. The molecule has 7 heteroatoms. The van der Waals surface area contributed by atoms with E-state index in [1.165, 1.54) is 4.57 Å². The van der Waals surface area contributed by atoms with E-state index >= 15 is 0 Å². The van der Waals surface area contributed by atoms with E-state index in [0.29, 0.717) is 10.9 Å². The van der Waals surface area contributed by atoms with Crippen LogP contribution >= 0.6 is 0 Å². The van der Waals surface area contributed by atoms with Crippen molar-refractivity contribution in [2.24, 2.45) is 0 Å². The van der Waals surface area contributed by atoms with Gasteiger partial charge in [-0.2, -0.15) is 0 Å². The van der Waals surface area contributed by atoms with Gasteiger partial charge in [0.05, 0.1) is 24.1 Å². The number of carbonyl (C=O) groups excluding carboxylic acids is 1. The third kappa shape index (κ3) is 4.46. The molecule has 4 aromatic rings. The van der Waals surface area contributed by atoms with Crippen molar-refractivity contribution in [3.05, 3.63) is 111 Å². The fourth-order valence-corrected chi connectivity index (χ4v) is 3.71. The molecule has 0 fully saturated rings. The molecule has 162 valence electrons. The number of hydrogen-bond donors (Lipinski definition) is 2. The van der Waals surface area contributed by atoms with Crippen LogP contribution in [0.2, 0.25) is 0 Å². The zero-order valence-corrected chi connectivity index (χ0v) is 17.6. The summed E-state index contributed by atoms with van der Waals surface area (Å²) in [5, 5.41) is 3.48. The van der Waals surface area contributed by atoms with Crippen molar-refractivity contribution in [3.63, 3.8) is 0 Å². The summed E-state index contributed by atoms with van der Waals surface area (Å²) in [6.07, 6.45) is 0.0788. The van der Waals surface area contributed by atoms with Crippen LogP contribution in [0.4, 0.5) is 0 Å². The number of rotatable bonds is 7. The Morgan fingerprint density at radius 3 is 2.31 bits per heavy atom. The Balaban J connectivity index is 1.56. The lowest BCUT2D eigenvalue weighted by Gasteiger charge is -2.20. The van der Waals surface area contributed by atoms with E-state index in [1.807, 2.05) is 54.6 Å². The predicted molar refractivity (Wildman–Crippen MR) is 123 cm³/mol. The summed E-state index contributed by atoms with van der Waals surface area (Å²) >= 11 is 0. The molecule has 0 radical (unpaired) electrons. The molecular weight excluding hydrogens is 406 g/mol. The predicted octanol–water partition coefficient (Wildman–Crippen LogP) is 2.99. The van der Waals surface area contributed by atoms with E-state index in [4.69, 9.17) is 4.74 Å². The Kier molecular flexibility index (Phi) is 6.17. The first-order chi connectivity index (χ1) is 15.6. The second-order valence-electron chi connectivity index (χ2n) is 7.36. The van der Waals surface area contributed by atoms with Gasteiger partial charge in [-0.15, -0.1) is 0 Å². The summed E-state index contributed by atoms with van der Waals surface area (Å²) in [4.78, 5) is 39.6. The standard InChI is InChI=1S/C25H23N3O4/c1-32-19-13-11-18(12-14-19)23(17-7-3-2-4-8-17)26-22(29)15-16-28-21-10-6-5-9-20(21)24(30)27-25(28)31/h2-14,23H,15-16H2,1H3,(H,26,29)(H,27,30,31). The van der Waals surface area contributed by atoms with E-state index in [-0.39, 0.29) is 24.9 Å². The van der Waals surface area contributed by atoms with Crippen LogP contribution in [0.5, 0.6) is 5.75 Å². The van der Waals surface area contributed by atoms with Crippen LogP contribution < -0.4 is 21.3 Å². The Morgan fingerprint density at radius 1 is 0.938 bits per heavy atom. The van der Waals surface area contributed by atoms with Crippen molar-refractivity contribution in [2.45, 2.75) is 19.0 Å². The molecule has 4 rings (SSSR count). The highest BCUT2D eigenvalue weighted by Gasteiger charge is 2.17. The van der Waals surface area contributed by atoms with Gasteiger partial charge in [0.15, 0.2) is 0 Å². The summed E-state index contributed by atoms with van der Waals surface area (Å²) in [7, 11) is 1.61. The van der Waals surface area contributed by atoms with Crippen molar-refractivity contribution >= 4 is 16.8 Å². The van der Waals surface area contributed by atoms with Crippen LogP contribution in [0.25, 0.3) is 10.9 Å². The lowest BCUT2D eigenvalue weighted by Crippen LogP contribution is -2.34. The molecule has 0 aliphatic carbocycles. The molecule has 1 atom stereocenters. The molecule has 0 aliphatic rings. The second kappa shape index (κ2) is 9.34. The number of fused-ring (bicyclic) bond motifs is 1. The number of nitrogens with zero attached hydrogens (tertiary/aromatic N) is 1. The first-order valence-electron chi connectivity index (χ1n) is 10.3. The number of amides is 1. The zero-order valence-electron chi connectivity index (χ0n) is 17.6. The van der Waals surface area contributed by atoms with E-state index in [1.54, 1.807) is 31.4 Å². The molecule has 0 aliphatic heterocycles. The average molecular weight is 429 g/mol. The van der Waals surface area contributed by atoms with Gasteiger partial charge in [0, 0.05) is 13.0 Å². The number of nitrogens with one attached hydrogen (secondary N) is 2. The molecule has 3 aromatic carbocycles. The largest absolute Gasteiger partial charge is 0.497 e. The molecule has 32 heavy (non-hydrogen) atoms. The smallest absolute Gasteiger partial charge is 0.328 e. The van der Waals surface area contributed by atoms with Gasteiger partial charge >= 0.3 is 5.69 Å². The summed E-state index contributed by atoms with van der Waals surface area (Å²) in [5.74, 6) is 0.521. The molecule has 1 aromatic heterocycles. The average Bonchev–Trinajstić information content (AvgIpc) is 2.83. The highest BCUT2D eigenvalue weighted by Crippen LogP contribution is 2.24. The van der Waals surface area contributed by atoms with Crippen molar-refractivity contribution in [3.8, 4) is 5.75 Å². The van der Waals surface area contributed by atoms with Gasteiger partial charge < -0.3 is 10.1 Å². The third-order valence-corrected chi connectivity index (χ3v) is 5.35. The molecule has 2 N–H and O–H groups in total. The van der Waals surface area contributed by atoms with Crippen LogP contribution in [0, 0.1) is 0 Å². The maximum atomic E-state index is 12.9. The molecule has 1 unspecified atom stereocenters. The van der Waals surface area contributed by atoms with Crippen molar-refractivity contribution in [1.82, 2.24) is 14.9 Å². The number of methoxy groups -OCH3 is 1. The van der Waals surface area contributed by atoms with Crippen LogP contribution in [-0.2, 0) is 11.3 Å². The molecule has 0 saturated carbocycles. The molecule has 0 saturated heterocycles. The fraction of sp³-hybridized carbons (Fsp3) is 0.160. The maximum absolute atomic E-state index is 12.9. The quantitative estimate of drug-likeness (QED) is 0.472. The van der Waals surface area contributed by atoms with Crippen LogP contribution in [0.15, 0.2) is 88.5 Å². The Morgan fingerprint density at radius 2 is 1.59 bits per heavy atom. The topological polar surface area (TPSA) is 93.2 Å². The normalized spacial score (nSPS) is 11.8. The summed E-state index contributed by atoms with van der Waals surface area (Å²) in [6.45, 7) is 0.145. The molecule has 1 amide bonds. The highest BCUT2D eigenvalue weighted by atomic mass is 16.5. The van der Waals surface area contributed by atoms with E-state index in [2.05, 4.69) is 10.3 Å². The molecule has 1 heterocycles. The summed E-state index contributed by atoms with van der Waals surface area (Å²) in [6, 6.07) is 23.7. The van der Waals surface area contributed by atoms with Crippen LogP contribution in [0.3, 0.4) is 0 Å². The molecule has 0 spiro atoms. The number of aromatic nitrogens is 2. The van der Waals surface area contributed by atoms with Gasteiger partial charge in [0.25, 0.3) is 5.56 Å². The Bertz CT molecular complexity index is 1340. The van der Waals surface area contributed by atoms with Crippen molar-refractivity contribution < 1.29 is 9.53 Å². The first kappa shape index (κ1) is 21.1. The lowest BCUT2D eigenvalue weighted by atomic mass is 9.98. The van der Waals surface area contributed by atoms with Gasteiger partial charge in [0.2, 0.25) is 5.91 Å². The van der Waals surface area contributed by atoms with Gasteiger partial charge in [-0.3, -0.25) is 19.1 Å². The minimum atomic E-state index is -0.531. The van der Waals surface area contributed by atoms with E-state index < -0.39 is 11.2 Å². The number of benzene rings is 3. The van der Waals surface area contributed by atoms with Gasteiger partial charge in [-0.05, 0) is 35.4 Å². The van der Waals surface area contributed by atoms with Gasteiger partial charge in [-0.1, -0.05) is 54.6 Å². The Labute approximate surface area is 184 Å². The lowest BCUT2D eigenvalue weighted by molar-refractivity contribution is -0.121. The van der Waals surface area contributed by atoms with Crippen LogP contribution in [-0.4, -0.2) is 22.6 Å². The van der Waals surface area contributed by atoms with Crippen molar-refractivity contribution in [2.75, 3.05) is 7.11 Å². The number of para-hydroxylation sites is 1. The summed E-state index contributed by atoms with van der Waals surface area (Å²) in [5.41, 5.74) is 1.39.